The minimum Gasteiger partial charge on any atom is -0.380 e. The highest BCUT2D eigenvalue weighted by Crippen LogP contribution is 2.09. The van der Waals surface area contributed by atoms with Gasteiger partial charge in [0.15, 0.2) is 0 Å². The number of methoxy groups -OCH3 is 1. The molecule has 1 amide bonds. The van der Waals surface area contributed by atoms with Crippen molar-refractivity contribution in [3.8, 4) is 0 Å². The predicted octanol–water partition coefficient (Wildman–Crippen LogP) is 1.55. The smallest absolute Gasteiger partial charge is 0.234 e. The van der Waals surface area contributed by atoms with Crippen molar-refractivity contribution in [2.24, 2.45) is 0 Å². The van der Waals surface area contributed by atoms with Crippen LogP contribution < -0.4 is 10.6 Å². The molecule has 130 valence electrons. The number of nitrogens with zero attached hydrogens (tertiary/aromatic N) is 1. The van der Waals surface area contributed by atoms with Crippen molar-refractivity contribution >= 4 is 18.3 Å². The number of benzene rings is 1. The van der Waals surface area contributed by atoms with Crippen LogP contribution >= 0.6 is 12.4 Å². The standard InChI is InChI=1S/C17H27N3O2.ClH/c1-18-16-7-4-8-20(11-16)12-17(21)19-10-14-5-3-6-15(9-14)13-22-2;/h3,5-6,9,16,18H,4,7-8,10-13H2,1-2H3,(H,19,21);1H. The van der Waals surface area contributed by atoms with Gasteiger partial charge in [0.25, 0.3) is 0 Å². The van der Waals surface area contributed by atoms with Crippen LogP contribution in [0.4, 0.5) is 0 Å². The van der Waals surface area contributed by atoms with E-state index in [1.165, 1.54) is 6.42 Å². The topological polar surface area (TPSA) is 53.6 Å². The second kappa shape index (κ2) is 10.6. The number of halogens is 1. The zero-order valence-electron chi connectivity index (χ0n) is 14.0. The molecule has 23 heavy (non-hydrogen) atoms. The van der Waals surface area contributed by atoms with Crippen LogP contribution in [0, 0.1) is 0 Å². The highest BCUT2D eigenvalue weighted by Gasteiger charge is 2.19. The van der Waals surface area contributed by atoms with E-state index in [9.17, 15) is 4.79 Å². The molecule has 0 radical (unpaired) electrons. The van der Waals surface area contributed by atoms with E-state index in [0.29, 0.717) is 25.7 Å². The average Bonchev–Trinajstić information content (AvgIpc) is 2.54. The van der Waals surface area contributed by atoms with Gasteiger partial charge in [-0.15, -0.1) is 12.4 Å². The number of ether oxygens (including phenoxy) is 1. The third-order valence-corrected chi connectivity index (χ3v) is 4.07. The van der Waals surface area contributed by atoms with Gasteiger partial charge >= 0.3 is 0 Å². The van der Waals surface area contributed by atoms with E-state index in [1.54, 1.807) is 7.11 Å². The molecule has 1 heterocycles. The van der Waals surface area contributed by atoms with E-state index >= 15 is 0 Å². The Labute approximate surface area is 145 Å². The zero-order valence-corrected chi connectivity index (χ0v) is 14.8. The molecule has 0 saturated carbocycles. The molecular formula is C17H28ClN3O2. The Morgan fingerprint density at radius 1 is 1.39 bits per heavy atom. The van der Waals surface area contributed by atoms with E-state index in [4.69, 9.17) is 4.74 Å². The number of likely N-dealkylation sites (tertiary alicyclic amines) is 1. The number of carbonyl (C=O) groups excluding carboxylic acids is 1. The number of hydrogen-bond donors (Lipinski definition) is 2. The Morgan fingerprint density at radius 2 is 2.17 bits per heavy atom. The van der Waals surface area contributed by atoms with Crippen LogP contribution in [-0.4, -0.2) is 50.6 Å². The molecule has 2 rings (SSSR count). The van der Waals surface area contributed by atoms with Gasteiger partial charge < -0.3 is 15.4 Å². The number of likely N-dealkylation sites (N-methyl/N-ethyl adjacent to an activating group) is 1. The summed E-state index contributed by atoms with van der Waals surface area (Å²) < 4.78 is 5.13. The maximum atomic E-state index is 12.1. The van der Waals surface area contributed by atoms with Crippen molar-refractivity contribution in [1.29, 1.82) is 0 Å². The number of amides is 1. The van der Waals surface area contributed by atoms with Crippen LogP contribution in [0.1, 0.15) is 24.0 Å². The first-order chi connectivity index (χ1) is 10.7. The number of rotatable bonds is 7. The normalized spacial score (nSPS) is 18.3. The van der Waals surface area contributed by atoms with E-state index in [2.05, 4.69) is 21.6 Å². The minimum atomic E-state index is 0. The summed E-state index contributed by atoms with van der Waals surface area (Å²) in [5.41, 5.74) is 2.23. The van der Waals surface area contributed by atoms with E-state index in [1.807, 2.05) is 25.2 Å². The summed E-state index contributed by atoms with van der Waals surface area (Å²) in [6.45, 7) is 3.61. The molecule has 1 aromatic rings. The molecule has 1 aliphatic heterocycles. The second-order valence-corrected chi connectivity index (χ2v) is 5.89. The highest BCUT2D eigenvalue weighted by atomic mass is 35.5. The van der Waals surface area contributed by atoms with Gasteiger partial charge in [-0.05, 0) is 37.6 Å². The lowest BCUT2D eigenvalue weighted by Crippen LogP contribution is -2.47. The number of nitrogens with one attached hydrogen (secondary N) is 2. The molecule has 0 aliphatic carbocycles. The maximum absolute atomic E-state index is 12.1. The van der Waals surface area contributed by atoms with Crippen molar-refractivity contribution < 1.29 is 9.53 Å². The fraction of sp³-hybridized carbons (Fsp3) is 0.588. The van der Waals surface area contributed by atoms with Gasteiger partial charge in [-0.25, -0.2) is 0 Å². The van der Waals surface area contributed by atoms with Crippen molar-refractivity contribution in [2.75, 3.05) is 33.8 Å². The summed E-state index contributed by atoms with van der Waals surface area (Å²) in [6.07, 6.45) is 2.35. The van der Waals surface area contributed by atoms with Crippen LogP contribution in [0.3, 0.4) is 0 Å². The Balaban J connectivity index is 0.00000264. The van der Waals surface area contributed by atoms with Crippen LogP contribution in [0.15, 0.2) is 24.3 Å². The number of piperidine rings is 1. The second-order valence-electron chi connectivity index (χ2n) is 5.89. The molecule has 1 fully saturated rings. The quantitative estimate of drug-likeness (QED) is 0.790. The SMILES string of the molecule is CNC1CCCN(CC(=O)NCc2cccc(COC)c2)C1.Cl. The number of hydrogen-bond acceptors (Lipinski definition) is 4. The van der Waals surface area contributed by atoms with Crippen LogP contribution in [0.25, 0.3) is 0 Å². The molecule has 2 N–H and O–H groups in total. The predicted molar refractivity (Wildman–Crippen MR) is 94.8 cm³/mol. The summed E-state index contributed by atoms with van der Waals surface area (Å²) in [7, 11) is 3.67. The van der Waals surface area contributed by atoms with Crippen molar-refractivity contribution in [3.63, 3.8) is 0 Å². The molecule has 1 saturated heterocycles. The van der Waals surface area contributed by atoms with Gasteiger partial charge in [0.2, 0.25) is 5.91 Å². The summed E-state index contributed by atoms with van der Waals surface area (Å²) in [4.78, 5) is 14.3. The summed E-state index contributed by atoms with van der Waals surface area (Å²) in [6, 6.07) is 8.63. The molecule has 1 aromatic carbocycles. The lowest BCUT2D eigenvalue weighted by Gasteiger charge is -2.31. The van der Waals surface area contributed by atoms with Crippen molar-refractivity contribution in [1.82, 2.24) is 15.5 Å². The lowest BCUT2D eigenvalue weighted by atomic mass is 10.1. The Hall–Kier alpha value is -1.14. The fourth-order valence-electron chi connectivity index (χ4n) is 2.89. The van der Waals surface area contributed by atoms with Crippen molar-refractivity contribution in [2.45, 2.75) is 32.0 Å². The Kier molecular flexibility index (Phi) is 9.17. The molecule has 0 aromatic heterocycles. The molecule has 5 nitrogen and oxygen atoms in total. The largest absolute Gasteiger partial charge is 0.380 e. The molecule has 1 unspecified atom stereocenters. The summed E-state index contributed by atoms with van der Waals surface area (Å²) >= 11 is 0. The molecule has 0 spiro atoms. The van der Waals surface area contributed by atoms with Crippen molar-refractivity contribution in [3.05, 3.63) is 35.4 Å². The van der Waals surface area contributed by atoms with Gasteiger partial charge in [-0.3, -0.25) is 9.69 Å². The average molecular weight is 342 g/mol. The van der Waals surface area contributed by atoms with Crippen LogP contribution in [0.2, 0.25) is 0 Å². The first-order valence-electron chi connectivity index (χ1n) is 7.94. The number of carbonyl (C=O) groups is 1. The maximum Gasteiger partial charge on any atom is 0.234 e. The molecule has 6 heteroatoms. The van der Waals surface area contributed by atoms with Gasteiger partial charge in [0, 0.05) is 26.2 Å². The van der Waals surface area contributed by atoms with E-state index < -0.39 is 0 Å². The summed E-state index contributed by atoms with van der Waals surface area (Å²) in [5, 5.41) is 6.30. The highest BCUT2D eigenvalue weighted by molar-refractivity contribution is 5.85. The van der Waals surface area contributed by atoms with Gasteiger partial charge in [-0.2, -0.15) is 0 Å². The lowest BCUT2D eigenvalue weighted by molar-refractivity contribution is -0.122. The van der Waals surface area contributed by atoms with E-state index in [0.717, 1.165) is 30.6 Å². The summed E-state index contributed by atoms with van der Waals surface area (Å²) in [5.74, 6) is 0.0916. The van der Waals surface area contributed by atoms with Crippen LogP contribution in [-0.2, 0) is 22.7 Å². The molecule has 1 aliphatic rings. The zero-order chi connectivity index (χ0) is 15.8. The molecule has 1 atom stereocenters. The Morgan fingerprint density at radius 3 is 2.91 bits per heavy atom. The molecule has 0 bridgehead atoms. The third kappa shape index (κ3) is 6.87. The third-order valence-electron chi connectivity index (χ3n) is 4.07. The van der Waals surface area contributed by atoms with Gasteiger partial charge in [-0.1, -0.05) is 24.3 Å². The van der Waals surface area contributed by atoms with Gasteiger partial charge in [0.1, 0.15) is 0 Å². The fourth-order valence-corrected chi connectivity index (χ4v) is 2.89. The van der Waals surface area contributed by atoms with E-state index in [-0.39, 0.29) is 18.3 Å². The minimum absolute atomic E-state index is 0. The Bertz CT molecular complexity index is 485. The first kappa shape index (κ1) is 19.9. The monoisotopic (exact) mass is 341 g/mol. The van der Waals surface area contributed by atoms with Gasteiger partial charge in [0.05, 0.1) is 13.2 Å². The van der Waals surface area contributed by atoms with Crippen LogP contribution in [0.5, 0.6) is 0 Å². The first-order valence-corrected chi connectivity index (χ1v) is 7.94. The molecular weight excluding hydrogens is 314 g/mol.